The summed E-state index contributed by atoms with van der Waals surface area (Å²) < 4.78 is 4.61. The maximum absolute atomic E-state index is 10.9. The van der Waals surface area contributed by atoms with Gasteiger partial charge in [-0.25, -0.2) is 9.97 Å². The van der Waals surface area contributed by atoms with Crippen molar-refractivity contribution in [3.63, 3.8) is 0 Å². The molecule has 1 N–H and O–H groups in total. The zero-order chi connectivity index (χ0) is 13.0. The molecule has 0 spiro atoms. The molecule has 2 heterocycles. The minimum atomic E-state index is 0.138. The van der Waals surface area contributed by atoms with Crippen LogP contribution in [0.4, 0.5) is 5.82 Å². The second-order valence-corrected chi connectivity index (χ2v) is 3.82. The number of carbonyl (C=O) groups excluding carboxylic acids is 1. The molecule has 0 saturated carbocycles. The lowest BCUT2D eigenvalue weighted by atomic mass is 10.3. The van der Waals surface area contributed by atoms with Crippen molar-refractivity contribution < 1.29 is 9.32 Å². The Balaban J connectivity index is 2.06. The molecule has 0 fully saturated rings. The fourth-order valence-electron chi connectivity index (χ4n) is 1.38. The van der Waals surface area contributed by atoms with E-state index < -0.39 is 0 Å². The number of nitrogens with one attached hydrogen (secondary N) is 1. The lowest BCUT2D eigenvalue weighted by Crippen LogP contribution is -2.11. The first kappa shape index (κ1) is 12.4. The third kappa shape index (κ3) is 2.80. The van der Waals surface area contributed by atoms with Crippen molar-refractivity contribution in [2.45, 2.75) is 13.3 Å². The van der Waals surface area contributed by atoms with Crippen LogP contribution in [0.1, 0.15) is 22.0 Å². The Kier molecular flexibility index (Phi) is 3.83. The van der Waals surface area contributed by atoms with E-state index in [0.29, 0.717) is 36.7 Å². The number of hydrogen-bond acceptors (Lipinski definition) is 7. The van der Waals surface area contributed by atoms with E-state index in [-0.39, 0.29) is 10.7 Å². The Hall–Kier alpha value is -2.02. The van der Waals surface area contributed by atoms with Crippen LogP contribution in [0.5, 0.6) is 0 Å². The van der Waals surface area contributed by atoms with Crippen molar-refractivity contribution in [3.8, 4) is 0 Å². The minimum absolute atomic E-state index is 0.138. The van der Waals surface area contributed by atoms with E-state index in [9.17, 15) is 4.79 Å². The van der Waals surface area contributed by atoms with Gasteiger partial charge in [-0.15, -0.1) is 0 Å². The molecular formula is C10H10ClN5O2. The van der Waals surface area contributed by atoms with Crippen LogP contribution < -0.4 is 5.32 Å². The zero-order valence-electron chi connectivity index (χ0n) is 9.55. The van der Waals surface area contributed by atoms with Crippen LogP contribution in [-0.2, 0) is 6.42 Å². The molecule has 18 heavy (non-hydrogen) atoms. The number of aryl methyl sites for hydroxylation is 1. The molecule has 94 valence electrons. The normalized spacial score (nSPS) is 10.3. The molecule has 0 aliphatic carbocycles. The predicted octanol–water partition coefficient (Wildman–Crippen LogP) is 1.29. The van der Waals surface area contributed by atoms with Crippen LogP contribution in [0.2, 0.25) is 5.15 Å². The van der Waals surface area contributed by atoms with Crippen LogP contribution >= 0.6 is 11.6 Å². The largest absolute Gasteiger partial charge is 0.369 e. The highest BCUT2D eigenvalue weighted by Gasteiger charge is 2.10. The molecule has 0 atom stereocenters. The summed E-state index contributed by atoms with van der Waals surface area (Å²) in [5, 5.41) is 6.80. The lowest BCUT2D eigenvalue weighted by Gasteiger charge is -2.08. The van der Waals surface area contributed by atoms with Gasteiger partial charge in [0.05, 0.1) is 5.56 Å². The average Bonchev–Trinajstić information content (AvgIpc) is 2.81. The highest BCUT2D eigenvalue weighted by atomic mass is 35.5. The summed E-state index contributed by atoms with van der Waals surface area (Å²) in [6.07, 6.45) is 2.44. The molecule has 0 unspecified atom stereocenters. The maximum Gasteiger partial charge on any atom is 0.213 e. The first-order valence-electron chi connectivity index (χ1n) is 5.19. The van der Waals surface area contributed by atoms with Crippen molar-refractivity contribution in [2.75, 3.05) is 11.9 Å². The smallest absolute Gasteiger partial charge is 0.213 e. The van der Waals surface area contributed by atoms with Gasteiger partial charge in [-0.05, 0) is 6.92 Å². The van der Waals surface area contributed by atoms with E-state index in [4.69, 9.17) is 11.6 Å². The van der Waals surface area contributed by atoms with Crippen LogP contribution in [0, 0.1) is 6.92 Å². The van der Waals surface area contributed by atoms with Gasteiger partial charge >= 0.3 is 0 Å². The van der Waals surface area contributed by atoms with Crippen molar-refractivity contribution in [2.24, 2.45) is 0 Å². The summed E-state index contributed by atoms with van der Waals surface area (Å²) >= 11 is 5.85. The Morgan fingerprint density at radius 3 is 3.00 bits per heavy atom. The number of halogens is 1. The maximum atomic E-state index is 10.9. The molecule has 0 amide bonds. The molecular weight excluding hydrogens is 258 g/mol. The van der Waals surface area contributed by atoms with Crippen LogP contribution in [-0.4, -0.2) is 32.9 Å². The number of aldehydes is 1. The highest BCUT2D eigenvalue weighted by molar-refractivity contribution is 6.32. The van der Waals surface area contributed by atoms with E-state index in [1.165, 1.54) is 6.39 Å². The predicted molar refractivity (Wildman–Crippen MR) is 63.7 cm³/mol. The van der Waals surface area contributed by atoms with Crippen molar-refractivity contribution in [3.05, 3.63) is 28.8 Å². The van der Waals surface area contributed by atoms with Crippen LogP contribution in [0.3, 0.4) is 0 Å². The quantitative estimate of drug-likeness (QED) is 0.644. The zero-order valence-corrected chi connectivity index (χ0v) is 10.3. The Morgan fingerprint density at radius 1 is 1.50 bits per heavy atom. The van der Waals surface area contributed by atoms with Gasteiger partial charge < -0.3 is 9.84 Å². The first-order valence-corrected chi connectivity index (χ1v) is 5.57. The first-order chi connectivity index (χ1) is 8.70. The molecule has 0 radical (unpaired) electrons. The molecule has 0 saturated heterocycles. The van der Waals surface area contributed by atoms with Gasteiger partial charge in [0.2, 0.25) is 6.39 Å². The number of carbonyl (C=O) groups is 1. The molecule has 2 aromatic heterocycles. The number of rotatable bonds is 5. The molecule has 0 aliphatic heterocycles. The summed E-state index contributed by atoms with van der Waals surface area (Å²) in [5.41, 5.74) is 0.246. The molecule has 0 aromatic carbocycles. The van der Waals surface area contributed by atoms with Gasteiger partial charge in [0.1, 0.15) is 16.8 Å². The van der Waals surface area contributed by atoms with Crippen molar-refractivity contribution in [1.82, 2.24) is 20.1 Å². The lowest BCUT2D eigenvalue weighted by molar-refractivity contribution is 0.112. The van der Waals surface area contributed by atoms with Gasteiger partial charge in [0.25, 0.3) is 0 Å². The van der Waals surface area contributed by atoms with E-state index in [2.05, 4.69) is 29.9 Å². The number of hydrogen-bond donors (Lipinski definition) is 1. The summed E-state index contributed by atoms with van der Waals surface area (Å²) in [6, 6.07) is 0. The molecule has 2 aromatic rings. The fourth-order valence-corrected chi connectivity index (χ4v) is 1.64. The fraction of sp³-hybridized carbons (Fsp3) is 0.300. The summed E-state index contributed by atoms with van der Waals surface area (Å²) in [4.78, 5) is 22.8. The number of anilines is 1. The van der Waals surface area contributed by atoms with E-state index >= 15 is 0 Å². The molecule has 2 rings (SSSR count). The minimum Gasteiger partial charge on any atom is -0.369 e. The number of aromatic nitrogens is 4. The van der Waals surface area contributed by atoms with Gasteiger partial charge in [0.15, 0.2) is 12.1 Å². The van der Waals surface area contributed by atoms with Crippen LogP contribution in [0.15, 0.2) is 10.9 Å². The third-order valence-electron chi connectivity index (χ3n) is 2.18. The summed E-state index contributed by atoms with van der Waals surface area (Å²) in [5.74, 6) is 1.48. The number of nitrogens with zero attached hydrogens (tertiary/aromatic N) is 4. The van der Waals surface area contributed by atoms with E-state index in [1.54, 1.807) is 6.92 Å². The second kappa shape index (κ2) is 5.54. The van der Waals surface area contributed by atoms with Crippen LogP contribution in [0.25, 0.3) is 0 Å². The Morgan fingerprint density at radius 2 is 2.33 bits per heavy atom. The van der Waals surface area contributed by atoms with Crippen molar-refractivity contribution in [1.29, 1.82) is 0 Å². The van der Waals surface area contributed by atoms with E-state index in [1.807, 2.05) is 0 Å². The monoisotopic (exact) mass is 267 g/mol. The third-order valence-corrected chi connectivity index (χ3v) is 2.46. The Labute approximate surface area is 108 Å². The molecule has 0 aliphatic rings. The second-order valence-electron chi connectivity index (χ2n) is 3.47. The molecule has 7 nitrogen and oxygen atoms in total. The highest BCUT2D eigenvalue weighted by Crippen LogP contribution is 2.18. The standard InChI is InChI=1S/C10H10ClN5O2/c1-6-14-9(11)7(4-17)10(15-6)12-3-2-8-13-5-18-16-8/h4-5H,2-3H2,1H3,(H,12,14,15). The molecule has 8 heteroatoms. The average molecular weight is 268 g/mol. The van der Waals surface area contributed by atoms with E-state index in [0.717, 1.165) is 0 Å². The van der Waals surface area contributed by atoms with Gasteiger partial charge in [-0.1, -0.05) is 16.8 Å². The van der Waals surface area contributed by atoms with Gasteiger partial charge in [-0.2, -0.15) is 4.98 Å². The molecule has 0 bridgehead atoms. The topological polar surface area (TPSA) is 93.8 Å². The van der Waals surface area contributed by atoms with Gasteiger partial charge in [-0.3, -0.25) is 4.79 Å². The Bertz CT molecular complexity index is 543. The SMILES string of the molecule is Cc1nc(Cl)c(C=O)c(NCCc2ncon2)n1. The van der Waals surface area contributed by atoms with Gasteiger partial charge in [0, 0.05) is 13.0 Å². The summed E-state index contributed by atoms with van der Waals surface area (Å²) in [7, 11) is 0. The summed E-state index contributed by atoms with van der Waals surface area (Å²) in [6.45, 7) is 2.21. The van der Waals surface area contributed by atoms with Crippen molar-refractivity contribution >= 4 is 23.7 Å².